The fraction of sp³-hybridized carbons (Fsp3) is 0.261. The molecule has 2 aliphatic rings. The highest BCUT2D eigenvalue weighted by atomic mass is 35.5. The van der Waals surface area contributed by atoms with E-state index in [0.717, 1.165) is 30.9 Å². The summed E-state index contributed by atoms with van der Waals surface area (Å²) in [6, 6.07) is 8.95. The van der Waals surface area contributed by atoms with Crippen LogP contribution < -0.4 is 5.32 Å². The van der Waals surface area contributed by atoms with Gasteiger partial charge in [0, 0.05) is 36.0 Å². The smallest absolute Gasteiger partial charge is 0.316 e. The number of aromatic nitrogens is 2. The van der Waals surface area contributed by atoms with Gasteiger partial charge in [0.05, 0.1) is 28.7 Å². The van der Waals surface area contributed by atoms with E-state index in [0.29, 0.717) is 27.9 Å². The van der Waals surface area contributed by atoms with E-state index in [4.69, 9.17) is 11.6 Å². The number of nitrogens with zero attached hydrogens (tertiary/aromatic N) is 3. The van der Waals surface area contributed by atoms with E-state index in [-0.39, 0.29) is 34.2 Å². The van der Waals surface area contributed by atoms with Gasteiger partial charge >= 0.3 is 6.18 Å². The molecule has 2 saturated heterocycles. The Hall–Kier alpha value is -2.82. The van der Waals surface area contributed by atoms with Crippen LogP contribution in [0.15, 0.2) is 47.5 Å². The summed E-state index contributed by atoms with van der Waals surface area (Å²) >= 11 is 6.68. The minimum absolute atomic E-state index is 0.0137. The molecule has 2 fully saturated rings. The third-order valence-corrected chi connectivity index (χ3v) is 6.98. The first-order valence-electron chi connectivity index (χ1n) is 10.5. The van der Waals surface area contributed by atoms with Crippen LogP contribution in [0.3, 0.4) is 0 Å². The Kier molecular flexibility index (Phi) is 5.91. The second kappa shape index (κ2) is 8.75. The van der Waals surface area contributed by atoms with Crippen LogP contribution >= 0.6 is 23.4 Å². The van der Waals surface area contributed by atoms with E-state index in [1.165, 1.54) is 21.7 Å². The zero-order valence-electron chi connectivity index (χ0n) is 17.6. The molecule has 1 N–H and O–H groups in total. The van der Waals surface area contributed by atoms with Crippen molar-refractivity contribution in [2.24, 2.45) is 5.92 Å². The SMILES string of the molecule is O=C1S/C(=C\c2ccc3c(cnn3Cc3ccc(Cl)cc3C(F)(F)F)c2)C(=O)N1CC1CNC1. The Morgan fingerprint density at radius 3 is 2.68 bits per heavy atom. The number of hydrogen-bond donors (Lipinski definition) is 1. The van der Waals surface area contributed by atoms with Crippen molar-refractivity contribution in [1.82, 2.24) is 20.0 Å². The second-order valence-electron chi connectivity index (χ2n) is 8.24. The average Bonchev–Trinajstić information content (AvgIpc) is 3.25. The number of halogens is 4. The number of thioether (sulfide) groups is 1. The third-order valence-electron chi connectivity index (χ3n) is 5.84. The lowest BCUT2D eigenvalue weighted by molar-refractivity contribution is -0.138. The Balaban J connectivity index is 1.39. The van der Waals surface area contributed by atoms with Crippen molar-refractivity contribution in [3.05, 3.63) is 69.2 Å². The number of imide groups is 1. The standard InChI is InChI=1S/C23H18ClF3N4O2S/c24-17-3-2-15(18(7-17)23(25,26)27)12-31-19-4-1-13(5-16(19)10-29-31)6-20-21(32)30(22(33)34-20)11-14-8-28-9-14/h1-7,10,14,28H,8-9,11-12H2/b20-6-. The molecule has 2 aliphatic heterocycles. The molecule has 11 heteroatoms. The van der Waals surface area contributed by atoms with Crippen LogP contribution in [0, 0.1) is 5.92 Å². The van der Waals surface area contributed by atoms with Gasteiger partial charge < -0.3 is 5.32 Å². The maximum atomic E-state index is 13.4. The number of carbonyl (C=O) groups is 2. The molecule has 5 rings (SSSR count). The zero-order chi connectivity index (χ0) is 24.0. The summed E-state index contributed by atoms with van der Waals surface area (Å²) < 4.78 is 41.8. The molecule has 176 valence electrons. The lowest BCUT2D eigenvalue weighted by atomic mass is 10.0. The molecule has 34 heavy (non-hydrogen) atoms. The summed E-state index contributed by atoms with van der Waals surface area (Å²) in [5, 5.41) is 7.82. The molecule has 3 heterocycles. The van der Waals surface area contributed by atoms with E-state index < -0.39 is 11.7 Å². The molecule has 2 aromatic carbocycles. The molecule has 2 amide bonds. The van der Waals surface area contributed by atoms with E-state index in [1.54, 1.807) is 30.5 Å². The maximum Gasteiger partial charge on any atom is 0.416 e. The van der Waals surface area contributed by atoms with Crippen LogP contribution in [-0.4, -0.2) is 45.5 Å². The summed E-state index contributed by atoms with van der Waals surface area (Å²) in [6.07, 6.45) is -1.32. The van der Waals surface area contributed by atoms with Gasteiger partial charge in [-0.1, -0.05) is 23.7 Å². The summed E-state index contributed by atoms with van der Waals surface area (Å²) in [6.45, 7) is 1.92. The predicted octanol–water partition coefficient (Wildman–Crippen LogP) is 5.01. The van der Waals surface area contributed by atoms with Gasteiger partial charge in [-0.3, -0.25) is 19.2 Å². The third kappa shape index (κ3) is 4.45. The minimum Gasteiger partial charge on any atom is -0.316 e. The molecular formula is C23H18ClF3N4O2S. The molecular weight excluding hydrogens is 489 g/mol. The van der Waals surface area contributed by atoms with E-state index in [9.17, 15) is 22.8 Å². The van der Waals surface area contributed by atoms with Gasteiger partial charge in [-0.25, -0.2) is 0 Å². The number of rotatable bonds is 5. The zero-order valence-corrected chi connectivity index (χ0v) is 19.2. The Labute approximate surface area is 201 Å². The predicted molar refractivity (Wildman–Crippen MR) is 124 cm³/mol. The Morgan fingerprint density at radius 1 is 1.18 bits per heavy atom. The van der Waals surface area contributed by atoms with E-state index in [1.807, 2.05) is 0 Å². The fourth-order valence-corrected chi connectivity index (χ4v) is 5.00. The molecule has 0 spiro atoms. The summed E-state index contributed by atoms with van der Waals surface area (Å²) in [5.74, 6) is -0.0198. The van der Waals surface area contributed by atoms with Crippen LogP contribution in [0.2, 0.25) is 5.02 Å². The second-order valence-corrected chi connectivity index (χ2v) is 9.67. The topological polar surface area (TPSA) is 67.2 Å². The quantitative estimate of drug-likeness (QED) is 0.493. The van der Waals surface area contributed by atoms with Gasteiger partial charge in [0.1, 0.15) is 0 Å². The molecule has 0 bridgehead atoms. The normalized spacial score (nSPS) is 18.4. The highest BCUT2D eigenvalue weighted by Gasteiger charge is 2.37. The van der Waals surface area contributed by atoms with Crippen LogP contribution in [-0.2, 0) is 17.5 Å². The van der Waals surface area contributed by atoms with Crippen LogP contribution in [0.4, 0.5) is 18.0 Å². The number of nitrogens with one attached hydrogen (secondary N) is 1. The summed E-state index contributed by atoms with van der Waals surface area (Å²) in [4.78, 5) is 26.6. The van der Waals surface area contributed by atoms with Crippen LogP contribution in [0.1, 0.15) is 16.7 Å². The number of fused-ring (bicyclic) bond motifs is 1. The van der Waals surface area contributed by atoms with Gasteiger partial charge in [-0.15, -0.1) is 0 Å². The number of carbonyl (C=O) groups excluding carboxylic acids is 2. The number of hydrogen-bond acceptors (Lipinski definition) is 5. The van der Waals surface area contributed by atoms with Gasteiger partial charge in [-0.05, 0) is 53.2 Å². The molecule has 0 aliphatic carbocycles. The van der Waals surface area contributed by atoms with Gasteiger partial charge in [-0.2, -0.15) is 18.3 Å². The van der Waals surface area contributed by atoms with Crippen molar-refractivity contribution < 1.29 is 22.8 Å². The summed E-state index contributed by atoms with van der Waals surface area (Å²) in [7, 11) is 0. The van der Waals surface area contributed by atoms with Crippen LogP contribution in [0.25, 0.3) is 17.0 Å². The fourth-order valence-electron chi connectivity index (χ4n) is 3.98. The van der Waals surface area contributed by atoms with E-state index in [2.05, 4.69) is 10.4 Å². The first-order valence-corrected chi connectivity index (χ1v) is 11.7. The number of amides is 2. The van der Waals surface area contributed by atoms with Crippen molar-refractivity contribution in [2.45, 2.75) is 12.7 Å². The molecule has 0 atom stereocenters. The minimum atomic E-state index is -4.53. The monoisotopic (exact) mass is 506 g/mol. The van der Waals surface area contributed by atoms with Crippen molar-refractivity contribution in [1.29, 1.82) is 0 Å². The maximum absolute atomic E-state index is 13.4. The largest absolute Gasteiger partial charge is 0.416 e. The van der Waals surface area contributed by atoms with Gasteiger partial charge in [0.25, 0.3) is 11.1 Å². The first kappa shape index (κ1) is 22.9. The number of benzene rings is 2. The first-order chi connectivity index (χ1) is 16.2. The Morgan fingerprint density at radius 2 is 1.97 bits per heavy atom. The van der Waals surface area contributed by atoms with Crippen molar-refractivity contribution in [3.63, 3.8) is 0 Å². The number of alkyl halides is 3. The van der Waals surface area contributed by atoms with E-state index >= 15 is 0 Å². The summed E-state index contributed by atoms with van der Waals surface area (Å²) in [5.41, 5.74) is 0.603. The Bertz CT molecular complexity index is 1330. The van der Waals surface area contributed by atoms with Gasteiger partial charge in [0.2, 0.25) is 0 Å². The molecule has 0 radical (unpaired) electrons. The van der Waals surface area contributed by atoms with Crippen molar-refractivity contribution in [2.75, 3.05) is 19.6 Å². The van der Waals surface area contributed by atoms with Crippen molar-refractivity contribution in [3.8, 4) is 0 Å². The molecule has 1 aromatic heterocycles. The van der Waals surface area contributed by atoms with Crippen molar-refractivity contribution >= 4 is 51.5 Å². The molecule has 6 nitrogen and oxygen atoms in total. The lowest BCUT2D eigenvalue weighted by Crippen LogP contribution is -2.49. The average molecular weight is 507 g/mol. The molecule has 0 unspecified atom stereocenters. The highest BCUT2D eigenvalue weighted by Crippen LogP contribution is 2.35. The molecule has 0 saturated carbocycles. The lowest BCUT2D eigenvalue weighted by Gasteiger charge is -2.29. The highest BCUT2D eigenvalue weighted by molar-refractivity contribution is 8.18. The van der Waals surface area contributed by atoms with Gasteiger partial charge in [0.15, 0.2) is 0 Å². The van der Waals surface area contributed by atoms with Crippen LogP contribution in [0.5, 0.6) is 0 Å². The molecule has 3 aromatic rings.